The Bertz CT molecular complexity index is 31.8. The molecule has 0 saturated heterocycles. The molecule has 0 aromatic carbocycles. The van der Waals surface area contributed by atoms with Gasteiger partial charge in [-0.05, 0) is 0 Å². The SMILES string of the molecule is O[Si](O)(O)O.[O]=[La]. The molecule has 0 aromatic heterocycles. The van der Waals surface area contributed by atoms with Crippen LogP contribution in [-0.4, -0.2) is 28.2 Å². The van der Waals surface area contributed by atoms with Crippen LogP contribution >= 0.6 is 0 Å². The topological polar surface area (TPSA) is 98.0 Å². The zero-order valence-electron chi connectivity index (χ0n) is 3.27. The molecule has 0 unspecified atom stereocenters. The Hall–Kier alpha value is 1.05. The number of hydrogen-bond acceptors (Lipinski definition) is 5. The van der Waals surface area contributed by atoms with Gasteiger partial charge in [0.05, 0.1) is 0 Å². The van der Waals surface area contributed by atoms with Gasteiger partial charge in [-0.1, -0.05) is 0 Å². The first-order valence-corrected chi connectivity index (χ1v) is 4.40. The van der Waals surface area contributed by atoms with E-state index in [-0.39, 0.29) is 33.8 Å². The minimum absolute atomic E-state index is 0.0833. The van der Waals surface area contributed by atoms with E-state index >= 15 is 0 Å². The summed E-state index contributed by atoms with van der Waals surface area (Å²) in [7, 11) is -4.61. The minimum atomic E-state index is -4.61. The maximum atomic E-state index is 8.42. The van der Waals surface area contributed by atoms with Crippen molar-refractivity contribution >= 4 is 9.05 Å². The van der Waals surface area contributed by atoms with Gasteiger partial charge in [0.1, 0.15) is 0 Å². The van der Waals surface area contributed by atoms with Crippen LogP contribution in [0, 0.1) is 33.8 Å². The van der Waals surface area contributed by atoms with Gasteiger partial charge < -0.3 is 19.2 Å². The van der Waals surface area contributed by atoms with E-state index in [2.05, 4.69) is 0 Å². The van der Waals surface area contributed by atoms with Crippen molar-refractivity contribution in [3.63, 3.8) is 0 Å². The fraction of sp³-hybridized carbons (Fsp3) is 0. The maximum absolute atomic E-state index is 8.42. The Morgan fingerprint density at radius 3 is 1.00 bits per heavy atom. The van der Waals surface area contributed by atoms with Gasteiger partial charge in [-0.3, -0.25) is 0 Å². The van der Waals surface area contributed by atoms with Crippen molar-refractivity contribution in [2.45, 2.75) is 0 Å². The molecular formula is H4LaO5Si. The molecule has 4 N–H and O–H groups in total. The molecule has 0 radical (unpaired) electrons. The van der Waals surface area contributed by atoms with Gasteiger partial charge in [-0.2, -0.15) is 0 Å². The Labute approximate surface area is 63.4 Å². The molecule has 5 nitrogen and oxygen atoms in total. The third-order valence-corrected chi connectivity index (χ3v) is 0. The first-order valence-electron chi connectivity index (χ1n) is 1.13. The molecule has 7 heavy (non-hydrogen) atoms. The van der Waals surface area contributed by atoms with Crippen LogP contribution in [0.25, 0.3) is 0 Å². The fourth-order valence-corrected chi connectivity index (χ4v) is 0. The van der Waals surface area contributed by atoms with Crippen LogP contribution in [0.15, 0.2) is 0 Å². The summed E-state index contributed by atoms with van der Waals surface area (Å²) in [6.45, 7) is 0. The summed E-state index contributed by atoms with van der Waals surface area (Å²) in [6, 6.07) is 0. The van der Waals surface area contributed by atoms with E-state index in [4.69, 9.17) is 20.9 Å². The molecule has 0 rings (SSSR count). The third kappa shape index (κ3) is 163. The first-order chi connectivity index (χ1) is 3.00. The molecule has 0 fully saturated rings. The molecule has 7 heteroatoms. The molecule has 0 aliphatic heterocycles. The summed E-state index contributed by atoms with van der Waals surface area (Å²) < 4.78 is 8.42. The van der Waals surface area contributed by atoms with E-state index in [1.165, 1.54) is 0 Å². The molecule has 0 aromatic rings. The average Bonchev–Trinajstić information content (AvgIpc) is 1.36. The van der Waals surface area contributed by atoms with Gasteiger partial charge in [0.2, 0.25) is 0 Å². The van der Waals surface area contributed by atoms with Crippen molar-refractivity contribution in [3.8, 4) is 0 Å². The van der Waals surface area contributed by atoms with E-state index < -0.39 is 9.05 Å². The quantitative estimate of drug-likeness (QED) is 0.350. The molecule has 0 atom stereocenters. The standard InChI is InChI=1S/La.H4O4Si.O/c;1-5(2,3)4;/h;1-4H;. The Morgan fingerprint density at radius 1 is 1.00 bits per heavy atom. The van der Waals surface area contributed by atoms with Crippen molar-refractivity contribution in [1.82, 2.24) is 0 Å². The van der Waals surface area contributed by atoms with E-state index in [0.29, 0.717) is 0 Å². The number of hydrogen-bond donors (Lipinski definition) is 4. The van der Waals surface area contributed by atoms with Crippen LogP contribution < -0.4 is 0 Å². The number of rotatable bonds is 0. The summed E-state index contributed by atoms with van der Waals surface area (Å²) in [5, 5.41) is 0. The Balaban J connectivity index is 0. The first kappa shape index (κ1) is 10.9. The van der Waals surface area contributed by atoms with Crippen molar-refractivity contribution in [2.24, 2.45) is 0 Å². The van der Waals surface area contributed by atoms with Crippen LogP contribution in [0.4, 0.5) is 0 Å². The fourth-order valence-electron chi connectivity index (χ4n) is 0. The van der Waals surface area contributed by atoms with Crippen molar-refractivity contribution in [2.75, 3.05) is 0 Å². The van der Waals surface area contributed by atoms with E-state index in [1.807, 2.05) is 0 Å². The Morgan fingerprint density at radius 2 is 1.00 bits per heavy atom. The molecule has 0 saturated carbocycles. The summed E-state index contributed by atoms with van der Waals surface area (Å²) >= 11 is -0.0833. The van der Waals surface area contributed by atoms with Crippen LogP contribution in [0.3, 0.4) is 0 Å². The van der Waals surface area contributed by atoms with E-state index in [9.17, 15) is 0 Å². The van der Waals surface area contributed by atoms with E-state index in [1.54, 1.807) is 0 Å². The predicted molar refractivity (Wildman–Crippen MR) is 15.3 cm³/mol. The van der Waals surface area contributed by atoms with Gasteiger partial charge in [-0.25, -0.2) is 0 Å². The van der Waals surface area contributed by atoms with Crippen molar-refractivity contribution in [1.29, 1.82) is 0 Å². The summed E-state index contributed by atoms with van der Waals surface area (Å²) in [4.78, 5) is 29.3. The summed E-state index contributed by atoms with van der Waals surface area (Å²) in [5.74, 6) is 0. The van der Waals surface area contributed by atoms with Gasteiger partial charge in [-0.15, -0.1) is 0 Å². The molecule has 41 valence electrons. The molecule has 0 spiro atoms. The second-order valence-corrected chi connectivity index (χ2v) is 1.80. The van der Waals surface area contributed by atoms with Gasteiger partial charge >= 0.3 is 44.6 Å². The predicted octanol–water partition coefficient (Wildman–Crippen LogP) is -2.73. The van der Waals surface area contributed by atoms with Gasteiger partial charge in [0.15, 0.2) is 0 Å². The monoisotopic (exact) mass is 251 g/mol. The van der Waals surface area contributed by atoms with Crippen LogP contribution in [-0.2, 0) is 1.70 Å². The summed E-state index contributed by atoms with van der Waals surface area (Å²) in [6.07, 6.45) is 0. The molecule has 0 heterocycles. The van der Waals surface area contributed by atoms with Crippen LogP contribution in [0.2, 0.25) is 0 Å². The zero-order valence-corrected chi connectivity index (χ0v) is 7.90. The molecule has 0 bridgehead atoms. The second-order valence-electron chi connectivity index (χ2n) is 0.600. The zero-order chi connectivity index (χ0) is 6.50. The van der Waals surface area contributed by atoms with Crippen LogP contribution in [0.5, 0.6) is 0 Å². The van der Waals surface area contributed by atoms with Crippen molar-refractivity contribution in [3.05, 3.63) is 0 Å². The summed E-state index contributed by atoms with van der Waals surface area (Å²) in [5.41, 5.74) is 0. The Kier molecular flexibility index (Phi) is 8.11. The normalized spacial score (nSPS) is 9.43. The average molecular weight is 251 g/mol. The van der Waals surface area contributed by atoms with E-state index in [0.717, 1.165) is 0 Å². The molecule has 0 amide bonds. The third-order valence-electron chi connectivity index (χ3n) is 0. The second kappa shape index (κ2) is 5.19. The molecule has 0 aliphatic rings. The molecular weight excluding hydrogens is 247 g/mol. The molecule has 0 aliphatic carbocycles. The van der Waals surface area contributed by atoms with Gasteiger partial charge in [0.25, 0.3) is 0 Å². The van der Waals surface area contributed by atoms with Crippen LogP contribution in [0.1, 0.15) is 0 Å². The van der Waals surface area contributed by atoms with Crippen molar-refractivity contribution < 1.29 is 54.7 Å². The van der Waals surface area contributed by atoms with Gasteiger partial charge in [0, 0.05) is 0 Å².